The Morgan fingerprint density at radius 1 is 1.05 bits per heavy atom. The molecule has 2 rings (SSSR count). The highest BCUT2D eigenvalue weighted by molar-refractivity contribution is 6.42. The smallest absolute Gasteiger partial charge is 0.119 e. The van der Waals surface area contributed by atoms with Crippen LogP contribution in [0.5, 0.6) is 11.5 Å². The van der Waals surface area contributed by atoms with Crippen molar-refractivity contribution in [1.29, 1.82) is 0 Å². The molecule has 1 N–H and O–H groups in total. The van der Waals surface area contributed by atoms with E-state index < -0.39 is 0 Å². The first-order valence-electron chi connectivity index (χ1n) is 6.98. The zero-order chi connectivity index (χ0) is 15.2. The molecule has 0 spiro atoms. The normalized spacial score (nSPS) is 10.6. The molecule has 0 unspecified atom stereocenters. The standard InChI is InChI=1S/C17H18Cl2O2/c1-2-3-8-21-14-5-7-17(20)13(11-14)9-12-4-6-15(18)16(19)10-12/h4-7,10-11,20H,2-3,8-9H2,1H3. The molecule has 0 aliphatic heterocycles. The van der Waals surface area contributed by atoms with Gasteiger partial charge in [0.1, 0.15) is 11.5 Å². The van der Waals surface area contributed by atoms with E-state index in [1.807, 2.05) is 18.2 Å². The number of unbranched alkanes of at least 4 members (excludes halogenated alkanes) is 1. The van der Waals surface area contributed by atoms with Crippen LogP contribution in [-0.4, -0.2) is 11.7 Å². The van der Waals surface area contributed by atoms with Gasteiger partial charge in [0.2, 0.25) is 0 Å². The molecule has 0 aliphatic carbocycles. The average Bonchev–Trinajstić information content (AvgIpc) is 2.46. The number of hydrogen-bond acceptors (Lipinski definition) is 2. The fourth-order valence-electron chi connectivity index (χ4n) is 2.00. The lowest BCUT2D eigenvalue weighted by Crippen LogP contribution is -1.97. The molecule has 0 radical (unpaired) electrons. The third-order valence-electron chi connectivity index (χ3n) is 3.20. The molecule has 112 valence electrons. The summed E-state index contributed by atoms with van der Waals surface area (Å²) in [6.45, 7) is 2.81. The van der Waals surface area contributed by atoms with E-state index in [0.29, 0.717) is 23.1 Å². The summed E-state index contributed by atoms with van der Waals surface area (Å²) in [7, 11) is 0. The van der Waals surface area contributed by atoms with Gasteiger partial charge in [-0.15, -0.1) is 0 Å². The summed E-state index contributed by atoms with van der Waals surface area (Å²) in [5, 5.41) is 11.0. The number of rotatable bonds is 6. The molecule has 21 heavy (non-hydrogen) atoms. The van der Waals surface area contributed by atoms with E-state index in [9.17, 15) is 5.11 Å². The van der Waals surface area contributed by atoms with Gasteiger partial charge in [0.15, 0.2) is 0 Å². The van der Waals surface area contributed by atoms with E-state index in [-0.39, 0.29) is 5.75 Å². The highest BCUT2D eigenvalue weighted by Gasteiger charge is 2.07. The first-order valence-corrected chi connectivity index (χ1v) is 7.74. The molecule has 0 aromatic heterocycles. The third kappa shape index (κ3) is 4.55. The lowest BCUT2D eigenvalue weighted by Gasteiger charge is -2.10. The molecule has 0 saturated carbocycles. The molecule has 0 fully saturated rings. The number of ether oxygens (including phenoxy) is 1. The van der Waals surface area contributed by atoms with Gasteiger partial charge in [-0.3, -0.25) is 0 Å². The van der Waals surface area contributed by atoms with Crippen LogP contribution in [0.4, 0.5) is 0 Å². The third-order valence-corrected chi connectivity index (χ3v) is 3.94. The van der Waals surface area contributed by atoms with E-state index in [1.54, 1.807) is 18.2 Å². The Hall–Kier alpha value is -1.38. The van der Waals surface area contributed by atoms with Crippen LogP contribution in [0.3, 0.4) is 0 Å². The molecule has 0 heterocycles. The van der Waals surface area contributed by atoms with Gasteiger partial charge in [0.25, 0.3) is 0 Å². The molecule has 0 amide bonds. The first-order chi connectivity index (χ1) is 10.1. The zero-order valence-corrected chi connectivity index (χ0v) is 13.4. The largest absolute Gasteiger partial charge is 0.508 e. The van der Waals surface area contributed by atoms with Crippen molar-refractivity contribution in [1.82, 2.24) is 0 Å². The molecule has 0 bridgehead atoms. The molecule has 4 heteroatoms. The molecule has 2 nitrogen and oxygen atoms in total. The van der Waals surface area contributed by atoms with Gasteiger partial charge in [-0.1, -0.05) is 42.6 Å². The number of hydrogen-bond donors (Lipinski definition) is 1. The van der Waals surface area contributed by atoms with Crippen LogP contribution >= 0.6 is 23.2 Å². The van der Waals surface area contributed by atoms with E-state index in [1.165, 1.54) is 0 Å². The Bertz CT molecular complexity index is 612. The number of benzene rings is 2. The van der Waals surface area contributed by atoms with Gasteiger partial charge in [-0.05, 0) is 42.3 Å². The van der Waals surface area contributed by atoms with Crippen molar-refractivity contribution in [3.05, 3.63) is 57.6 Å². The highest BCUT2D eigenvalue weighted by Crippen LogP contribution is 2.28. The van der Waals surface area contributed by atoms with Crippen LogP contribution in [0.2, 0.25) is 10.0 Å². The Kier molecular flexibility index (Phi) is 5.77. The van der Waals surface area contributed by atoms with Crippen LogP contribution in [0.1, 0.15) is 30.9 Å². The van der Waals surface area contributed by atoms with Crippen molar-refractivity contribution in [3.63, 3.8) is 0 Å². The summed E-state index contributed by atoms with van der Waals surface area (Å²) >= 11 is 11.9. The minimum Gasteiger partial charge on any atom is -0.508 e. The summed E-state index contributed by atoms with van der Waals surface area (Å²) in [5.41, 5.74) is 1.80. The fraction of sp³-hybridized carbons (Fsp3) is 0.294. The maximum Gasteiger partial charge on any atom is 0.119 e. The van der Waals surface area contributed by atoms with Gasteiger partial charge < -0.3 is 9.84 Å². The van der Waals surface area contributed by atoms with Crippen molar-refractivity contribution < 1.29 is 9.84 Å². The topological polar surface area (TPSA) is 29.5 Å². The van der Waals surface area contributed by atoms with Crippen molar-refractivity contribution in [3.8, 4) is 11.5 Å². The van der Waals surface area contributed by atoms with Gasteiger partial charge >= 0.3 is 0 Å². The maximum absolute atomic E-state index is 9.98. The molecule has 0 saturated heterocycles. The van der Waals surface area contributed by atoms with Crippen molar-refractivity contribution in [2.45, 2.75) is 26.2 Å². The Labute approximate surface area is 135 Å². The van der Waals surface area contributed by atoms with Gasteiger partial charge in [-0.25, -0.2) is 0 Å². The SMILES string of the molecule is CCCCOc1ccc(O)c(Cc2ccc(Cl)c(Cl)c2)c1. The highest BCUT2D eigenvalue weighted by atomic mass is 35.5. The van der Waals surface area contributed by atoms with Gasteiger partial charge in [-0.2, -0.15) is 0 Å². The molecular weight excluding hydrogens is 307 g/mol. The molecule has 0 aliphatic rings. The summed E-state index contributed by atoms with van der Waals surface area (Å²) in [6, 6.07) is 10.8. The summed E-state index contributed by atoms with van der Waals surface area (Å²) < 4.78 is 5.66. The van der Waals surface area contributed by atoms with Crippen LogP contribution in [0.25, 0.3) is 0 Å². The van der Waals surface area contributed by atoms with Crippen molar-refractivity contribution in [2.24, 2.45) is 0 Å². The van der Waals surface area contributed by atoms with E-state index in [2.05, 4.69) is 6.92 Å². The number of aromatic hydroxyl groups is 1. The number of phenolic OH excluding ortho intramolecular Hbond substituents is 1. The Balaban J connectivity index is 2.14. The maximum atomic E-state index is 9.98. The van der Waals surface area contributed by atoms with E-state index in [4.69, 9.17) is 27.9 Å². The summed E-state index contributed by atoms with van der Waals surface area (Å²) in [6.07, 6.45) is 2.69. The van der Waals surface area contributed by atoms with Gasteiger partial charge in [0, 0.05) is 12.0 Å². The average molecular weight is 325 g/mol. The monoisotopic (exact) mass is 324 g/mol. The Morgan fingerprint density at radius 2 is 1.86 bits per heavy atom. The molecule has 2 aromatic carbocycles. The van der Waals surface area contributed by atoms with Crippen molar-refractivity contribution in [2.75, 3.05) is 6.61 Å². The lowest BCUT2D eigenvalue weighted by atomic mass is 10.0. The van der Waals surface area contributed by atoms with Crippen LogP contribution in [0, 0.1) is 0 Å². The molecule has 0 atom stereocenters. The second-order valence-corrected chi connectivity index (χ2v) is 5.73. The fourth-order valence-corrected chi connectivity index (χ4v) is 2.32. The summed E-state index contributed by atoms with van der Waals surface area (Å²) in [5.74, 6) is 1.03. The predicted molar refractivity (Wildman–Crippen MR) is 87.8 cm³/mol. The Morgan fingerprint density at radius 3 is 2.57 bits per heavy atom. The van der Waals surface area contributed by atoms with Crippen LogP contribution in [-0.2, 0) is 6.42 Å². The van der Waals surface area contributed by atoms with E-state index in [0.717, 1.165) is 29.7 Å². The van der Waals surface area contributed by atoms with E-state index >= 15 is 0 Å². The second-order valence-electron chi connectivity index (χ2n) is 4.92. The molecular formula is C17H18Cl2O2. The first kappa shape index (κ1) is 16.0. The second kappa shape index (κ2) is 7.58. The van der Waals surface area contributed by atoms with Crippen LogP contribution in [0.15, 0.2) is 36.4 Å². The minimum atomic E-state index is 0.254. The van der Waals surface area contributed by atoms with Crippen LogP contribution < -0.4 is 4.74 Å². The van der Waals surface area contributed by atoms with Gasteiger partial charge in [0.05, 0.1) is 16.7 Å². The zero-order valence-electron chi connectivity index (χ0n) is 11.9. The molecule has 2 aromatic rings. The predicted octanol–water partition coefficient (Wildman–Crippen LogP) is 5.47. The quantitative estimate of drug-likeness (QED) is 0.714. The van der Waals surface area contributed by atoms with Crippen molar-refractivity contribution >= 4 is 23.2 Å². The number of halogens is 2. The lowest BCUT2D eigenvalue weighted by molar-refractivity contribution is 0.308. The minimum absolute atomic E-state index is 0.254. The summed E-state index contributed by atoms with van der Waals surface area (Å²) in [4.78, 5) is 0. The number of phenols is 1.